The average molecular weight is 344 g/mol. The normalized spacial score (nSPS) is 17.3. The van der Waals surface area contributed by atoms with Crippen LogP contribution in [0.25, 0.3) is 0 Å². The zero-order valence-corrected chi connectivity index (χ0v) is 14.4. The highest BCUT2D eigenvalue weighted by atomic mass is 32.1. The van der Waals surface area contributed by atoms with Crippen LogP contribution in [0.5, 0.6) is 0 Å². The van der Waals surface area contributed by atoms with Gasteiger partial charge in [0.2, 0.25) is 11.8 Å². The summed E-state index contributed by atoms with van der Waals surface area (Å²) in [7, 11) is 0. The molecule has 1 N–H and O–H groups in total. The molecule has 24 heavy (non-hydrogen) atoms. The Morgan fingerprint density at radius 2 is 2.33 bits per heavy atom. The largest absolute Gasteiger partial charge is 0.355 e. The molecule has 6 nitrogen and oxygen atoms in total. The minimum absolute atomic E-state index is 0.0105. The SMILES string of the molecule is Cc1csc(CCNC(=O)C2CC(=O)N(Cc3ccccn3)C2)n1. The van der Waals surface area contributed by atoms with E-state index in [1.807, 2.05) is 30.5 Å². The molecule has 1 atom stereocenters. The fourth-order valence-electron chi connectivity index (χ4n) is 2.74. The molecule has 2 aromatic heterocycles. The van der Waals surface area contributed by atoms with Gasteiger partial charge in [0, 0.05) is 43.2 Å². The second kappa shape index (κ2) is 7.53. The molecule has 2 amide bonds. The molecule has 0 aromatic carbocycles. The molecule has 0 aliphatic carbocycles. The van der Waals surface area contributed by atoms with Gasteiger partial charge >= 0.3 is 0 Å². The summed E-state index contributed by atoms with van der Waals surface area (Å²) < 4.78 is 0. The van der Waals surface area contributed by atoms with E-state index >= 15 is 0 Å². The number of hydrogen-bond acceptors (Lipinski definition) is 5. The number of likely N-dealkylation sites (tertiary alicyclic amines) is 1. The molecule has 3 heterocycles. The lowest BCUT2D eigenvalue weighted by Gasteiger charge is -2.16. The van der Waals surface area contributed by atoms with E-state index in [9.17, 15) is 9.59 Å². The number of hydrogen-bond donors (Lipinski definition) is 1. The van der Waals surface area contributed by atoms with Crippen LogP contribution < -0.4 is 5.32 Å². The van der Waals surface area contributed by atoms with Gasteiger partial charge in [0.1, 0.15) is 0 Å². The van der Waals surface area contributed by atoms with Crippen LogP contribution in [0.2, 0.25) is 0 Å². The van der Waals surface area contributed by atoms with E-state index in [0.29, 0.717) is 19.6 Å². The summed E-state index contributed by atoms with van der Waals surface area (Å²) in [4.78, 5) is 34.7. The second-order valence-electron chi connectivity index (χ2n) is 5.92. The van der Waals surface area contributed by atoms with Crippen molar-refractivity contribution in [2.24, 2.45) is 5.92 Å². The Kier molecular flexibility index (Phi) is 5.20. The number of amides is 2. The summed E-state index contributed by atoms with van der Waals surface area (Å²) in [5.74, 6) is -0.323. The first-order valence-electron chi connectivity index (χ1n) is 7.98. The number of carbonyl (C=O) groups excluding carboxylic acids is 2. The molecule has 1 saturated heterocycles. The monoisotopic (exact) mass is 344 g/mol. The van der Waals surface area contributed by atoms with Crippen LogP contribution in [0.1, 0.15) is 22.8 Å². The van der Waals surface area contributed by atoms with Gasteiger partial charge in [-0.3, -0.25) is 14.6 Å². The summed E-state index contributed by atoms with van der Waals surface area (Å²) >= 11 is 1.60. The van der Waals surface area contributed by atoms with Gasteiger partial charge < -0.3 is 10.2 Å². The molecular weight excluding hydrogens is 324 g/mol. The van der Waals surface area contributed by atoms with Crippen molar-refractivity contribution in [1.29, 1.82) is 0 Å². The van der Waals surface area contributed by atoms with Crippen molar-refractivity contribution >= 4 is 23.2 Å². The van der Waals surface area contributed by atoms with Crippen molar-refractivity contribution in [2.45, 2.75) is 26.3 Å². The summed E-state index contributed by atoms with van der Waals surface area (Å²) in [5, 5.41) is 5.94. The number of carbonyl (C=O) groups is 2. The first kappa shape index (κ1) is 16.6. The third-order valence-corrected chi connectivity index (χ3v) is 5.00. The van der Waals surface area contributed by atoms with E-state index in [-0.39, 0.29) is 24.2 Å². The lowest BCUT2D eigenvalue weighted by Crippen LogP contribution is -2.34. The number of thiazole rings is 1. The number of nitrogens with zero attached hydrogens (tertiary/aromatic N) is 3. The van der Waals surface area contributed by atoms with E-state index in [1.165, 1.54) is 0 Å². The quantitative estimate of drug-likeness (QED) is 0.863. The van der Waals surface area contributed by atoms with Crippen molar-refractivity contribution in [3.8, 4) is 0 Å². The molecule has 0 bridgehead atoms. The molecule has 0 saturated carbocycles. The third kappa shape index (κ3) is 4.17. The number of aromatic nitrogens is 2. The Morgan fingerprint density at radius 1 is 1.46 bits per heavy atom. The van der Waals surface area contributed by atoms with Crippen molar-refractivity contribution in [3.05, 3.63) is 46.2 Å². The van der Waals surface area contributed by atoms with Crippen LogP contribution in [0.15, 0.2) is 29.8 Å². The summed E-state index contributed by atoms with van der Waals surface area (Å²) in [6.07, 6.45) is 2.71. The van der Waals surface area contributed by atoms with Crippen molar-refractivity contribution in [2.75, 3.05) is 13.1 Å². The summed E-state index contributed by atoms with van der Waals surface area (Å²) in [6, 6.07) is 5.62. The second-order valence-corrected chi connectivity index (χ2v) is 6.86. The smallest absolute Gasteiger partial charge is 0.225 e. The fraction of sp³-hybridized carbons (Fsp3) is 0.412. The van der Waals surface area contributed by atoms with Crippen LogP contribution in [-0.4, -0.2) is 39.8 Å². The van der Waals surface area contributed by atoms with Crippen molar-refractivity contribution < 1.29 is 9.59 Å². The molecule has 0 radical (unpaired) electrons. The lowest BCUT2D eigenvalue weighted by molar-refractivity contribution is -0.129. The van der Waals surface area contributed by atoms with Crippen LogP contribution >= 0.6 is 11.3 Å². The highest BCUT2D eigenvalue weighted by molar-refractivity contribution is 7.09. The molecule has 7 heteroatoms. The Bertz CT molecular complexity index is 716. The summed E-state index contributed by atoms with van der Waals surface area (Å²) in [5.41, 5.74) is 1.85. The van der Waals surface area contributed by atoms with Crippen molar-refractivity contribution in [3.63, 3.8) is 0 Å². The van der Waals surface area contributed by atoms with E-state index < -0.39 is 0 Å². The van der Waals surface area contributed by atoms with Crippen molar-refractivity contribution in [1.82, 2.24) is 20.2 Å². The van der Waals surface area contributed by atoms with E-state index in [2.05, 4.69) is 15.3 Å². The van der Waals surface area contributed by atoms with Crippen LogP contribution in [0.4, 0.5) is 0 Å². The number of nitrogens with one attached hydrogen (secondary N) is 1. The van der Waals surface area contributed by atoms with E-state index in [1.54, 1.807) is 22.4 Å². The molecule has 0 spiro atoms. The van der Waals surface area contributed by atoms with Gasteiger partial charge in [-0.1, -0.05) is 6.07 Å². The highest BCUT2D eigenvalue weighted by Gasteiger charge is 2.34. The van der Waals surface area contributed by atoms with Gasteiger partial charge in [0.05, 0.1) is 23.2 Å². The number of pyridine rings is 1. The molecular formula is C17H20N4O2S. The number of aryl methyl sites for hydroxylation is 1. The number of rotatable bonds is 6. The summed E-state index contributed by atoms with van der Waals surface area (Å²) in [6.45, 7) is 3.43. The predicted molar refractivity (Wildman–Crippen MR) is 91.3 cm³/mol. The van der Waals surface area contributed by atoms with Crippen LogP contribution in [-0.2, 0) is 22.6 Å². The first-order valence-corrected chi connectivity index (χ1v) is 8.86. The molecule has 1 unspecified atom stereocenters. The van der Waals surface area contributed by atoms with Gasteiger partial charge in [-0.2, -0.15) is 0 Å². The van der Waals surface area contributed by atoms with Gasteiger partial charge in [-0.15, -0.1) is 11.3 Å². The van der Waals surface area contributed by atoms with Gasteiger partial charge in [-0.05, 0) is 19.1 Å². The maximum Gasteiger partial charge on any atom is 0.225 e. The molecule has 126 valence electrons. The average Bonchev–Trinajstić information content (AvgIpc) is 3.15. The molecule has 1 aliphatic rings. The molecule has 1 aliphatic heterocycles. The molecule has 1 fully saturated rings. The van der Waals surface area contributed by atoms with E-state index in [4.69, 9.17) is 0 Å². The molecule has 3 rings (SSSR count). The zero-order chi connectivity index (χ0) is 16.9. The van der Waals surface area contributed by atoms with Crippen LogP contribution in [0, 0.1) is 12.8 Å². The standard InChI is InChI=1S/C17H20N4O2S/c1-12-11-24-15(20-12)5-7-19-17(23)13-8-16(22)21(9-13)10-14-4-2-3-6-18-14/h2-4,6,11,13H,5,7-10H2,1H3,(H,19,23). The fourth-order valence-corrected chi connectivity index (χ4v) is 3.52. The Hall–Kier alpha value is -2.28. The lowest BCUT2D eigenvalue weighted by atomic mass is 10.1. The van der Waals surface area contributed by atoms with Gasteiger partial charge in [-0.25, -0.2) is 4.98 Å². The maximum absolute atomic E-state index is 12.3. The van der Waals surface area contributed by atoms with E-state index in [0.717, 1.165) is 22.8 Å². The van der Waals surface area contributed by atoms with Gasteiger partial charge in [0.25, 0.3) is 0 Å². The minimum Gasteiger partial charge on any atom is -0.355 e. The maximum atomic E-state index is 12.3. The topological polar surface area (TPSA) is 75.2 Å². The molecule has 2 aromatic rings. The Balaban J connectivity index is 1.47. The highest BCUT2D eigenvalue weighted by Crippen LogP contribution is 2.20. The minimum atomic E-state index is -0.278. The van der Waals surface area contributed by atoms with Gasteiger partial charge in [0.15, 0.2) is 0 Å². The van der Waals surface area contributed by atoms with Crippen LogP contribution in [0.3, 0.4) is 0 Å². The Morgan fingerprint density at radius 3 is 3.04 bits per heavy atom. The first-order chi connectivity index (χ1) is 11.6. The third-order valence-electron chi connectivity index (χ3n) is 3.97. The zero-order valence-electron chi connectivity index (χ0n) is 13.6. The Labute approximate surface area is 144 Å². The predicted octanol–water partition coefficient (Wildman–Crippen LogP) is 1.55.